The van der Waals surface area contributed by atoms with Gasteiger partial charge in [-0.2, -0.15) is 0 Å². The molecule has 1 amide bonds. The Bertz CT molecular complexity index is 374. The lowest BCUT2D eigenvalue weighted by atomic mass is 9.86. The molecule has 0 saturated heterocycles. The van der Waals surface area contributed by atoms with Crippen molar-refractivity contribution in [3.8, 4) is 0 Å². The lowest BCUT2D eigenvalue weighted by molar-refractivity contribution is -0.129. The molecule has 1 saturated carbocycles. The normalized spacial score (nSPS) is 21.1. The van der Waals surface area contributed by atoms with E-state index in [1.807, 2.05) is 0 Å². The van der Waals surface area contributed by atoms with Crippen LogP contribution in [0, 0.1) is 5.92 Å². The topological polar surface area (TPSA) is 89.3 Å². The molecule has 0 heterocycles. The number of primary sulfonamides is 1. The maximum atomic E-state index is 12.8. The van der Waals surface area contributed by atoms with E-state index in [-0.39, 0.29) is 43.9 Å². The zero-order valence-corrected chi connectivity index (χ0v) is 10.1. The van der Waals surface area contributed by atoms with Crippen molar-refractivity contribution in [3.63, 3.8) is 0 Å². The molecule has 8 heteroatoms. The first-order valence-electron chi connectivity index (χ1n) is 5.36. The fourth-order valence-electron chi connectivity index (χ4n) is 1.76. The van der Waals surface area contributed by atoms with Crippen molar-refractivity contribution in [2.45, 2.75) is 31.6 Å². The molecule has 17 heavy (non-hydrogen) atoms. The van der Waals surface area contributed by atoms with Crippen molar-refractivity contribution in [2.24, 2.45) is 11.1 Å². The van der Waals surface area contributed by atoms with E-state index in [0.29, 0.717) is 0 Å². The van der Waals surface area contributed by atoms with Gasteiger partial charge in [0, 0.05) is 25.3 Å². The molecule has 0 atom stereocenters. The van der Waals surface area contributed by atoms with E-state index < -0.39 is 21.9 Å². The number of carbonyl (C=O) groups excluding carboxylic acids is 1. The minimum absolute atomic E-state index is 0.0788. The Morgan fingerprint density at radius 3 is 2.35 bits per heavy atom. The molecule has 0 aliphatic heterocycles. The highest BCUT2D eigenvalue weighted by Crippen LogP contribution is 2.36. The number of amides is 1. The number of nitrogens with two attached hydrogens (primary N) is 1. The minimum atomic E-state index is -3.60. The van der Waals surface area contributed by atoms with Crippen LogP contribution in [-0.4, -0.2) is 32.5 Å². The minimum Gasteiger partial charge on any atom is -0.355 e. The van der Waals surface area contributed by atoms with Gasteiger partial charge in [-0.05, 0) is 12.8 Å². The molecule has 0 radical (unpaired) electrons. The Morgan fingerprint density at radius 1 is 1.35 bits per heavy atom. The first-order chi connectivity index (χ1) is 7.70. The standard InChI is InChI=1S/C9H16F2N2O3S/c10-9(11)3-1-7(2-4-9)8(14)13-5-6-17(12,15)16/h7H,1-6H2,(H,13,14)(H2,12,15,16). The van der Waals surface area contributed by atoms with Crippen LogP contribution in [0.1, 0.15) is 25.7 Å². The summed E-state index contributed by atoms with van der Waals surface area (Å²) in [6.07, 6.45) is -0.317. The van der Waals surface area contributed by atoms with Crippen molar-refractivity contribution in [2.75, 3.05) is 12.3 Å². The SMILES string of the molecule is NS(=O)(=O)CCNC(=O)C1CCC(F)(F)CC1. The number of nitrogens with one attached hydrogen (secondary N) is 1. The smallest absolute Gasteiger partial charge is 0.248 e. The summed E-state index contributed by atoms with van der Waals surface area (Å²) < 4.78 is 46.8. The molecule has 1 aliphatic rings. The number of rotatable bonds is 4. The maximum absolute atomic E-state index is 12.8. The van der Waals surface area contributed by atoms with E-state index >= 15 is 0 Å². The van der Waals surface area contributed by atoms with Crippen molar-refractivity contribution in [1.82, 2.24) is 5.32 Å². The van der Waals surface area contributed by atoms with Gasteiger partial charge in [0.2, 0.25) is 21.9 Å². The zero-order chi connectivity index (χ0) is 13.1. The van der Waals surface area contributed by atoms with Crippen molar-refractivity contribution in [3.05, 3.63) is 0 Å². The lowest BCUT2D eigenvalue weighted by Crippen LogP contribution is -2.38. The Kier molecular flexibility index (Phi) is 4.42. The first kappa shape index (κ1) is 14.3. The number of hydrogen-bond donors (Lipinski definition) is 2. The van der Waals surface area contributed by atoms with Gasteiger partial charge in [-0.15, -0.1) is 0 Å². The maximum Gasteiger partial charge on any atom is 0.248 e. The third-order valence-corrected chi connectivity index (χ3v) is 3.55. The van der Waals surface area contributed by atoms with Gasteiger partial charge in [-0.3, -0.25) is 4.79 Å². The summed E-state index contributed by atoms with van der Waals surface area (Å²) in [5.74, 6) is -3.84. The van der Waals surface area contributed by atoms with Gasteiger partial charge in [0.15, 0.2) is 0 Å². The Balaban J connectivity index is 2.30. The summed E-state index contributed by atoms with van der Waals surface area (Å²) >= 11 is 0. The van der Waals surface area contributed by atoms with Crippen LogP contribution in [0.2, 0.25) is 0 Å². The molecule has 5 nitrogen and oxygen atoms in total. The van der Waals surface area contributed by atoms with Gasteiger partial charge in [-0.1, -0.05) is 0 Å². The average molecular weight is 270 g/mol. The lowest BCUT2D eigenvalue weighted by Gasteiger charge is -2.27. The van der Waals surface area contributed by atoms with E-state index in [1.54, 1.807) is 0 Å². The second kappa shape index (κ2) is 5.26. The summed E-state index contributed by atoms with van der Waals surface area (Å²) in [5.41, 5.74) is 0. The van der Waals surface area contributed by atoms with Crippen LogP contribution < -0.4 is 10.5 Å². The third kappa shape index (κ3) is 5.40. The molecule has 1 rings (SSSR count). The summed E-state index contributed by atoms with van der Waals surface area (Å²) in [7, 11) is -3.60. The molecule has 100 valence electrons. The molecule has 0 spiro atoms. The van der Waals surface area contributed by atoms with Crippen LogP contribution in [0.5, 0.6) is 0 Å². The molecular weight excluding hydrogens is 254 g/mol. The van der Waals surface area contributed by atoms with E-state index in [0.717, 1.165) is 0 Å². The van der Waals surface area contributed by atoms with Crippen LogP contribution in [0.15, 0.2) is 0 Å². The van der Waals surface area contributed by atoms with Crippen LogP contribution >= 0.6 is 0 Å². The van der Waals surface area contributed by atoms with Crippen LogP contribution in [0.3, 0.4) is 0 Å². The van der Waals surface area contributed by atoms with Crippen molar-refractivity contribution >= 4 is 15.9 Å². The van der Waals surface area contributed by atoms with Crippen molar-refractivity contribution < 1.29 is 22.0 Å². The predicted molar refractivity (Wildman–Crippen MR) is 57.9 cm³/mol. The van der Waals surface area contributed by atoms with Gasteiger partial charge in [0.1, 0.15) is 0 Å². The summed E-state index contributed by atoms with van der Waals surface area (Å²) in [6, 6.07) is 0. The second-order valence-electron chi connectivity index (χ2n) is 4.29. The zero-order valence-electron chi connectivity index (χ0n) is 9.29. The van der Waals surface area contributed by atoms with Gasteiger partial charge in [0.25, 0.3) is 0 Å². The molecule has 1 aliphatic carbocycles. The van der Waals surface area contributed by atoms with Crippen LogP contribution in [-0.2, 0) is 14.8 Å². The van der Waals surface area contributed by atoms with E-state index in [4.69, 9.17) is 5.14 Å². The number of halogens is 2. The molecule has 1 fully saturated rings. The third-order valence-electron chi connectivity index (χ3n) is 2.77. The number of hydrogen-bond acceptors (Lipinski definition) is 3. The molecule has 0 aromatic rings. The molecule has 0 bridgehead atoms. The van der Waals surface area contributed by atoms with Gasteiger partial charge < -0.3 is 5.32 Å². The van der Waals surface area contributed by atoms with Gasteiger partial charge in [0.05, 0.1) is 5.75 Å². The molecular formula is C9H16F2N2O3S. The van der Waals surface area contributed by atoms with E-state index in [9.17, 15) is 22.0 Å². The van der Waals surface area contributed by atoms with Crippen LogP contribution in [0.4, 0.5) is 8.78 Å². The molecule has 0 aromatic heterocycles. The van der Waals surface area contributed by atoms with Gasteiger partial charge >= 0.3 is 0 Å². The highest BCUT2D eigenvalue weighted by molar-refractivity contribution is 7.89. The fourth-order valence-corrected chi connectivity index (χ4v) is 2.15. The monoisotopic (exact) mass is 270 g/mol. The number of alkyl halides is 2. The Morgan fingerprint density at radius 2 is 1.88 bits per heavy atom. The highest BCUT2D eigenvalue weighted by atomic mass is 32.2. The fraction of sp³-hybridized carbons (Fsp3) is 0.889. The summed E-state index contributed by atoms with van der Waals surface area (Å²) in [5, 5.41) is 7.15. The molecule has 0 unspecified atom stereocenters. The molecule has 0 aromatic carbocycles. The van der Waals surface area contributed by atoms with Gasteiger partial charge in [-0.25, -0.2) is 22.3 Å². The quantitative estimate of drug-likeness (QED) is 0.765. The Labute approximate surface area is 98.8 Å². The van der Waals surface area contributed by atoms with Crippen molar-refractivity contribution in [1.29, 1.82) is 0 Å². The number of carbonyl (C=O) groups is 1. The highest BCUT2D eigenvalue weighted by Gasteiger charge is 2.37. The predicted octanol–water partition coefficient (Wildman–Crippen LogP) is 0.217. The average Bonchev–Trinajstić information content (AvgIpc) is 2.15. The summed E-state index contributed by atoms with van der Waals surface area (Å²) in [4.78, 5) is 11.5. The summed E-state index contributed by atoms with van der Waals surface area (Å²) in [6.45, 7) is -0.0788. The first-order valence-corrected chi connectivity index (χ1v) is 7.07. The van der Waals surface area contributed by atoms with E-state index in [2.05, 4.69) is 5.32 Å². The number of sulfonamides is 1. The van der Waals surface area contributed by atoms with E-state index in [1.165, 1.54) is 0 Å². The largest absolute Gasteiger partial charge is 0.355 e. The second-order valence-corrected chi connectivity index (χ2v) is 6.02. The Hall–Kier alpha value is -0.760. The van der Waals surface area contributed by atoms with Crippen LogP contribution in [0.25, 0.3) is 0 Å². The molecule has 3 N–H and O–H groups in total.